The van der Waals surface area contributed by atoms with Gasteiger partial charge in [-0.25, -0.2) is 0 Å². The van der Waals surface area contributed by atoms with Gasteiger partial charge in [0.25, 0.3) is 0 Å². The smallest absolute Gasteiger partial charge is 0.304 e. The van der Waals surface area contributed by atoms with E-state index in [9.17, 15) is 4.79 Å². The van der Waals surface area contributed by atoms with E-state index in [0.29, 0.717) is 13.1 Å². The molecule has 0 saturated heterocycles. The second-order valence-electron chi connectivity index (χ2n) is 5.02. The van der Waals surface area contributed by atoms with Crippen LogP contribution in [-0.4, -0.2) is 42.2 Å². The Bertz CT molecular complexity index is 196. The molecule has 0 unspecified atom stereocenters. The third-order valence-electron chi connectivity index (χ3n) is 2.84. The topological polar surface area (TPSA) is 66.6 Å². The lowest BCUT2D eigenvalue weighted by atomic mass is 10.1. The van der Waals surface area contributed by atoms with Gasteiger partial charge in [0.15, 0.2) is 0 Å². The molecule has 0 amide bonds. The highest BCUT2D eigenvalue weighted by Gasteiger charge is 2.06. The first kappa shape index (κ1) is 16.4. The number of carboxylic acids is 1. The Balaban J connectivity index is 3.58. The first-order chi connectivity index (χ1) is 8.06. The van der Waals surface area contributed by atoms with E-state index in [1.807, 2.05) is 0 Å². The van der Waals surface area contributed by atoms with E-state index in [4.69, 9.17) is 10.8 Å². The van der Waals surface area contributed by atoms with Crippen LogP contribution in [0.2, 0.25) is 0 Å². The third-order valence-corrected chi connectivity index (χ3v) is 2.84. The molecular weight excluding hydrogens is 216 g/mol. The maximum atomic E-state index is 10.5. The second-order valence-corrected chi connectivity index (χ2v) is 5.02. The van der Waals surface area contributed by atoms with Crippen LogP contribution in [0.1, 0.15) is 46.0 Å². The number of rotatable bonds is 11. The Morgan fingerprint density at radius 3 is 2.41 bits per heavy atom. The molecule has 0 fully saturated rings. The van der Waals surface area contributed by atoms with Crippen LogP contribution in [-0.2, 0) is 4.79 Å². The van der Waals surface area contributed by atoms with Gasteiger partial charge in [-0.15, -0.1) is 0 Å². The SMILES string of the molecule is CC(C)CCCCCN(CCN)CCC(=O)O. The molecule has 0 aromatic heterocycles. The van der Waals surface area contributed by atoms with Crippen molar-refractivity contribution in [2.45, 2.75) is 46.0 Å². The molecule has 0 aliphatic rings. The molecule has 0 radical (unpaired) electrons. The van der Waals surface area contributed by atoms with E-state index in [1.54, 1.807) is 0 Å². The molecule has 4 nitrogen and oxygen atoms in total. The molecule has 0 atom stereocenters. The molecule has 0 aromatic rings. The van der Waals surface area contributed by atoms with Gasteiger partial charge in [0, 0.05) is 19.6 Å². The van der Waals surface area contributed by atoms with E-state index >= 15 is 0 Å². The number of nitrogens with zero attached hydrogens (tertiary/aromatic N) is 1. The number of nitrogens with two attached hydrogens (primary N) is 1. The lowest BCUT2D eigenvalue weighted by molar-refractivity contribution is -0.137. The van der Waals surface area contributed by atoms with E-state index in [2.05, 4.69) is 18.7 Å². The number of carboxylic acid groups (broad SMARTS) is 1. The van der Waals surface area contributed by atoms with E-state index in [1.165, 1.54) is 19.3 Å². The maximum Gasteiger partial charge on any atom is 0.304 e. The van der Waals surface area contributed by atoms with E-state index < -0.39 is 5.97 Å². The molecule has 0 heterocycles. The second kappa shape index (κ2) is 10.5. The summed E-state index contributed by atoms with van der Waals surface area (Å²) in [5.74, 6) is 0.0500. The molecular formula is C13H28N2O2. The molecule has 3 N–H and O–H groups in total. The lowest BCUT2D eigenvalue weighted by Gasteiger charge is -2.20. The maximum absolute atomic E-state index is 10.5. The average Bonchev–Trinajstić information content (AvgIpc) is 2.24. The molecule has 0 rings (SSSR count). The fraction of sp³-hybridized carbons (Fsp3) is 0.923. The van der Waals surface area contributed by atoms with Crippen LogP contribution in [0.5, 0.6) is 0 Å². The first-order valence-electron chi connectivity index (χ1n) is 6.70. The summed E-state index contributed by atoms with van der Waals surface area (Å²) in [4.78, 5) is 12.7. The van der Waals surface area contributed by atoms with Crippen LogP contribution in [0, 0.1) is 5.92 Å². The number of hydrogen-bond donors (Lipinski definition) is 2. The van der Waals surface area contributed by atoms with E-state index in [0.717, 1.165) is 25.4 Å². The first-order valence-corrected chi connectivity index (χ1v) is 6.70. The molecule has 0 bridgehead atoms. The van der Waals surface area contributed by atoms with E-state index in [-0.39, 0.29) is 6.42 Å². The van der Waals surface area contributed by atoms with Gasteiger partial charge in [0.05, 0.1) is 6.42 Å². The summed E-state index contributed by atoms with van der Waals surface area (Å²) >= 11 is 0. The van der Waals surface area contributed by atoms with Crippen molar-refractivity contribution in [2.24, 2.45) is 11.7 Å². The summed E-state index contributed by atoms with van der Waals surface area (Å²) in [6.07, 6.45) is 5.14. The number of unbranched alkanes of at least 4 members (excludes halogenated alkanes) is 2. The Hall–Kier alpha value is -0.610. The van der Waals surface area contributed by atoms with Gasteiger partial charge < -0.3 is 15.7 Å². The van der Waals surface area contributed by atoms with Gasteiger partial charge >= 0.3 is 5.97 Å². The van der Waals surface area contributed by atoms with Crippen molar-refractivity contribution in [3.63, 3.8) is 0 Å². The minimum Gasteiger partial charge on any atom is -0.481 e. The highest BCUT2D eigenvalue weighted by molar-refractivity contribution is 5.66. The zero-order valence-corrected chi connectivity index (χ0v) is 11.3. The number of carbonyl (C=O) groups is 1. The van der Waals surface area contributed by atoms with Crippen LogP contribution < -0.4 is 5.73 Å². The van der Waals surface area contributed by atoms with Gasteiger partial charge in [0.2, 0.25) is 0 Å². The monoisotopic (exact) mass is 244 g/mol. The summed E-state index contributed by atoms with van der Waals surface area (Å²) in [5, 5.41) is 8.64. The normalized spacial score (nSPS) is 11.4. The standard InChI is InChI=1S/C13H28N2O2/c1-12(2)6-4-3-5-9-15(11-8-14)10-7-13(16)17/h12H,3-11,14H2,1-2H3,(H,16,17). The zero-order chi connectivity index (χ0) is 13.1. The molecule has 0 spiro atoms. The molecule has 4 heteroatoms. The predicted molar refractivity (Wildman–Crippen MR) is 71.1 cm³/mol. The van der Waals surface area contributed by atoms with Crippen LogP contribution in [0.15, 0.2) is 0 Å². The average molecular weight is 244 g/mol. The molecule has 17 heavy (non-hydrogen) atoms. The van der Waals surface area contributed by atoms with Crippen molar-refractivity contribution in [1.82, 2.24) is 4.90 Å². The number of hydrogen-bond acceptors (Lipinski definition) is 3. The Morgan fingerprint density at radius 2 is 1.88 bits per heavy atom. The summed E-state index contributed by atoms with van der Waals surface area (Å²) in [5.41, 5.74) is 5.52. The van der Waals surface area contributed by atoms with Crippen molar-refractivity contribution in [1.29, 1.82) is 0 Å². The quantitative estimate of drug-likeness (QED) is 0.545. The Morgan fingerprint density at radius 1 is 1.18 bits per heavy atom. The number of aliphatic carboxylic acids is 1. The summed E-state index contributed by atoms with van der Waals surface area (Å²) in [6.45, 7) is 7.49. The van der Waals surface area contributed by atoms with Crippen LogP contribution in [0.3, 0.4) is 0 Å². The van der Waals surface area contributed by atoms with Crippen molar-refractivity contribution in [2.75, 3.05) is 26.2 Å². The van der Waals surface area contributed by atoms with Crippen molar-refractivity contribution < 1.29 is 9.90 Å². The van der Waals surface area contributed by atoms with Crippen LogP contribution >= 0.6 is 0 Å². The van der Waals surface area contributed by atoms with Gasteiger partial charge in [-0.05, 0) is 18.9 Å². The highest BCUT2D eigenvalue weighted by Crippen LogP contribution is 2.08. The summed E-state index contributed by atoms with van der Waals surface area (Å²) in [6, 6.07) is 0. The van der Waals surface area contributed by atoms with Gasteiger partial charge in [-0.3, -0.25) is 4.79 Å². The minimum atomic E-state index is -0.730. The van der Waals surface area contributed by atoms with Crippen LogP contribution in [0.25, 0.3) is 0 Å². The largest absolute Gasteiger partial charge is 0.481 e. The van der Waals surface area contributed by atoms with Gasteiger partial charge in [-0.1, -0.05) is 33.1 Å². The molecule has 0 aliphatic carbocycles. The lowest BCUT2D eigenvalue weighted by Crippen LogP contribution is -2.32. The molecule has 102 valence electrons. The van der Waals surface area contributed by atoms with Crippen molar-refractivity contribution >= 4 is 5.97 Å². The molecule has 0 aliphatic heterocycles. The predicted octanol–water partition coefficient (Wildman–Crippen LogP) is 1.94. The fourth-order valence-electron chi connectivity index (χ4n) is 1.84. The zero-order valence-electron chi connectivity index (χ0n) is 11.3. The third kappa shape index (κ3) is 11.6. The van der Waals surface area contributed by atoms with Crippen molar-refractivity contribution in [3.05, 3.63) is 0 Å². The summed E-state index contributed by atoms with van der Waals surface area (Å²) in [7, 11) is 0. The highest BCUT2D eigenvalue weighted by atomic mass is 16.4. The Labute approximate surface area is 105 Å². The Kier molecular flexibility index (Phi) is 10.2. The van der Waals surface area contributed by atoms with Crippen molar-refractivity contribution in [3.8, 4) is 0 Å². The van der Waals surface area contributed by atoms with Crippen LogP contribution in [0.4, 0.5) is 0 Å². The fourth-order valence-corrected chi connectivity index (χ4v) is 1.84. The van der Waals surface area contributed by atoms with Gasteiger partial charge in [-0.2, -0.15) is 0 Å². The van der Waals surface area contributed by atoms with Gasteiger partial charge in [0.1, 0.15) is 0 Å². The minimum absolute atomic E-state index is 0.214. The molecule has 0 saturated carbocycles. The molecule has 0 aromatic carbocycles. The summed E-state index contributed by atoms with van der Waals surface area (Å²) < 4.78 is 0.